The number of H-pyrrole nitrogens is 1. The lowest BCUT2D eigenvalue weighted by Crippen LogP contribution is -2.20. The molecule has 2 aromatic heterocycles. The van der Waals surface area contributed by atoms with Crippen LogP contribution in [0.4, 0.5) is 5.95 Å². The number of anilines is 1. The Morgan fingerprint density at radius 1 is 1.28 bits per heavy atom. The number of methoxy groups -OCH3 is 1. The fourth-order valence-electron chi connectivity index (χ4n) is 3.59. The number of nitrogen functional groups attached to an aromatic ring is 1. The topological polar surface area (TPSA) is 106 Å². The molecule has 0 saturated heterocycles. The summed E-state index contributed by atoms with van der Waals surface area (Å²) in [6.07, 6.45) is 6.96. The molecular formula is C22H24N4O3. The molecule has 0 unspecified atom stereocenters. The van der Waals surface area contributed by atoms with Crippen molar-refractivity contribution in [3.63, 3.8) is 0 Å². The number of aromatic nitrogens is 3. The number of fused-ring (bicyclic) bond motifs is 1. The molecule has 7 nitrogen and oxygen atoms in total. The third-order valence-corrected chi connectivity index (χ3v) is 5.13. The van der Waals surface area contributed by atoms with Crippen molar-refractivity contribution in [3.8, 4) is 28.8 Å². The first-order valence-electron chi connectivity index (χ1n) is 9.69. The van der Waals surface area contributed by atoms with Crippen LogP contribution >= 0.6 is 0 Å². The Hall–Kier alpha value is -3.08. The van der Waals surface area contributed by atoms with Crippen molar-refractivity contribution in [1.82, 2.24) is 15.0 Å². The average molecular weight is 392 g/mol. The number of hydrogen-bond donors (Lipinski definition) is 3. The molecule has 0 spiro atoms. The van der Waals surface area contributed by atoms with E-state index in [1.807, 2.05) is 24.4 Å². The van der Waals surface area contributed by atoms with E-state index < -0.39 is 5.60 Å². The SMILES string of the molecule is COCCOc1cnc(N)nc1-c1c[nH]c2ccc(C#CC3(O)CCCC3)cc12. The van der Waals surface area contributed by atoms with Crippen LogP contribution in [-0.2, 0) is 4.74 Å². The Kier molecular flexibility index (Phi) is 5.38. The number of aliphatic hydroxyl groups is 1. The molecule has 1 aliphatic carbocycles. The van der Waals surface area contributed by atoms with Gasteiger partial charge in [0.15, 0.2) is 5.75 Å². The van der Waals surface area contributed by atoms with Crippen molar-refractivity contribution < 1.29 is 14.6 Å². The molecule has 1 fully saturated rings. The van der Waals surface area contributed by atoms with E-state index in [0.29, 0.717) is 24.7 Å². The summed E-state index contributed by atoms with van der Waals surface area (Å²) < 4.78 is 10.8. The van der Waals surface area contributed by atoms with Crippen LogP contribution in [0.5, 0.6) is 5.75 Å². The maximum Gasteiger partial charge on any atom is 0.220 e. The highest BCUT2D eigenvalue weighted by Gasteiger charge is 2.28. The summed E-state index contributed by atoms with van der Waals surface area (Å²) in [5.41, 5.74) is 8.22. The number of nitrogens with one attached hydrogen (secondary N) is 1. The van der Waals surface area contributed by atoms with E-state index in [9.17, 15) is 5.11 Å². The number of benzene rings is 1. The normalized spacial score (nSPS) is 15.2. The summed E-state index contributed by atoms with van der Waals surface area (Å²) in [7, 11) is 1.62. The molecule has 1 aliphatic rings. The van der Waals surface area contributed by atoms with Gasteiger partial charge in [-0.2, -0.15) is 0 Å². The number of rotatable bonds is 5. The Morgan fingerprint density at radius 2 is 2.10 bits per heavy atom. The maximum atomic E-state index is 10.5. The minimum Gasteiger partial charge on any atom is -0.487 e. The first-order chi connectivity index (χ1) is 14.1. The predicted octanol–water partition coefficient (Wildman–Crippen LogP) is 2.89. The van der Waals surface area contributed by atoms with Gasteiger partial charge in [-0.25, -0.2) is 9.97 Å². The Balaban J connectivity index is 1.72. The van der Waals surface area contributed by atoms with Crippen molar-refractivity contribution >= 4 is 16.9 Å². The highest BCUT2D eigenvalue weighted by atomic mass is 16.5. The van der Waals surface area contributed by atoms with E-state index in [4.69, 9.17) is 15.2 Å². The van der Waals surface area contributed by atoms with Crippen molar-refractivity contribution in [2.24, 2.45) is 0 Å². The number of aromatic amines is 1. The second-order valence-corrected chi connectivity index (χ2v) is 7.23. The van der Waals surface area contributed by atoms with Crippen molar-refractivity contribution in [2.45, 2.75) is 31.3 Å². The van der Waals surface area contributed by atoms with Crippen LogP contribution in [0.3, 0.4) is 0 Å². The van der Waals surface area contributed by atoms with Gasteiger partial charge in [-0.1, -0.05) is 11.8 Å². The Morgan fingerprint density at radius 3 is 2.90 bits per heavy atom. The summed E-state index contributed by atoms with van der Waals surface area (Å²) in [4.78, 5) is 11.7. The second-order valence-electron chi connectivity index (χ2n) is 7.23. The Labute approximate surface area is 169 Å². The monoisotopic (exact) mass is 392 g/mol. The third-order valence-electron chi connectivity index (χ3n) is 5.13. The van der Waals surface area contributed by atoms with Gasteiger partial charge < -0.3 is 25.3 Å². The zero-order valence-electron chi connectivity index (χ0n) is 16.4. The van der Waals surface area contributed by atoms with Gasteiger partial charge in [-0.15, -0.1) is 0 Å². The first kappa shape index (κ1) is 19.2. The fraction of sp³-hybridized carbons (Fsp3) is 0.364. The van der Waals surface area contributed by atoms with Crippen LogP contribution in [0.15, 0.2) is 30.6 Å². The van der Waals surface area contributed by atoms with E-state index in [1.165, 1.54) is 0 Å². The lowest BCUT2D eigenvalue weighted by molar-refractivity contribution is 0.110. The van der Waals surface area contributed by atoms with Crippen LogP contribution in [0.2, 0.25) is 0 Å². The van der Waals surface area contributed by atoms with E-state index in [-0.39, 0.29) is 5.95 Å². The van der Waals surface area contributed by atoms with Gasteiger partial charge in [0, 0.05) is 35.3 Å². The summed E-state index contributed by atoms with van der Waals surface area (Å²) in [5.74, 6) is 6.90. The van der Waals surface area contributed by atoms with Crippen molar-refractivity contribution in [2.75, 3.05) is 26.1 Å². The minimum absolute atomic E-state index is 0.174. The van der Waals surface area contributed by atoms with Gasteiger partial charge >= 0.3 is 0 Å². The van der Waals surface area contributed by atoms with Gasteiger partial charge in [0.1, 0.15) is 17.9 Å². The molecule has 0 amide bonds. The minimum atomic E-state index is -0.862. The lowest BCUT2D eigenvalue weighted by atomic mass is 10.0. The molecule has 29 heavy (non-hydrogen) atoms. The van der Waals surface area contributed by atoms with Crippen LogP contribution in [0.1, 0.15) is 31.2 Å². The summed E-state index contributed by atoms with van der Waals surface area (Å²) in [6.45, 7) is 0.842. The highest BCUT2D eigenvalue weighted by molar-refractivity contribution is 5.96. The number of hydrogen-bond acceptors (Lipinski definition) is 6. The maximum absolute atomic E-state index is 10.5. The summed E-state index contributed by atoms with van der Waals surface area (Å²) in [6, 6.07) is 5.90. The molecular weight excluding hydrogens is 368 g/mol. The molecule has 0 atom stereocenters. The van der Waals surface area contributed by atoms with Crippen LogP contribution in [0.25, 0.3) is 22.2 Å². The third kappa shape index (κ3) is 4.19. The lowest BCUT2D eigenvalue weighted by Gasteiger charge is -2.12. The fourth-order valence-corrected chi connectivity index (χ4v) is 3.59. The molecule has 4 rings (SSSR count). The smallest absolute Gasteiger partial charge is 0.220 e. The summed E-state index contributed by atoms with van der Waals surface area (Å²) in [5, 5.41) is 11.4. The summed E-state index contributed by atoms with van der Waals surface area (Å²) >= 11 is 0. The van der Waals surface area contributed by atoms with Crippen molar-refractivity contribution in [1.29, 1.82) is 0 Å². The largest absolute Gasteiger partial charge is 0.487 e. The van der Waals surface area contributed by atoms with Gasteiger partial charge in [0.25, 0.3) is 0 Å². The van der Waals surface area contributed by atoms with Gasteiger partial charge in [0.2, 0.25) is 5.95 Å². The molecule has 0 aliphatic heterocycles. The van der Waals surface area contributed by atoms with Gasteiger partial charge in [-0.05, 0) is 43.9 Å². The van der Waals surface area contributed by atoms with E-state index in [0.717, 1.165) is 47.7 Å². The Bertz CT molecular complexity index is 1070. The van der Waals surface area contributed by atoms with Crippen LogP contribution in [0, 0.1) is 11.8 Å². The number of nitrogens with two attached hydrogens (primary N) is 1. The molecule has 0 radical (unpaired) electrons. The second kappa shape index (κ2) is 8.11. The van der Waals surface area contributed by atoms with Crippen LogP contribution < -0.4 is 10.5 Å². The van der Waals surface area contributed by atoms with Gasteiger partial charge in [-0.3, -0.25) is 0 Å². The number of nitrogens with zero attached hydrogens (tertiary/aromatic N) is 2. The molecule has 1 aromatic carbocycles. The highest BCUT2D eigenvalue weighted by Crippen LogP contribution is 2.34. The zero-order valence-corrected chi connectivity index (χ0v) is 16.4. The molecule has 2 heterocycles. The molecule has 0 bridgehead atoms. The molecule has 150 valence electrons. The molecule has 7 heteroatoms. The molecule has 3 aromatic rings. The average Bonchev–Trinajstić information content (AvgIpc) is 3.34. The van der Waals surface area contributed by atoms with E-state index in [1.54, 1.807) is 13.3 Å². The quantitative estimate of drug-likeness (QED) is 0.455. The molecule has 4 N–H and O–H groups in total. The zero-order chi connectivity index (χ0) is 20.3. The van der Waals surface area contributed by atoms with Crippen LogP contribution in [-0.4, -0.2) is 46.0 Å². The van der Waals surface area contributed by atoms with E-state index in [2.05, 4.69) is 26.8 Å². The van der Waals surface area contributed by atoms with Crippen molar-refractivity contribution in [3.05, 3.63) is 36.2 Å². The predicted molar refractivity (Wildman–Crippen MR) is 111 cm³/mol. The van der Waals surface area contributed by atoms with E-state index >= 15 is 0 Å². The number of ether oxygens (including phenoxy) is 2. The molecule has 1 saturated carbocycles. The standard InChI is InChI=1S/C22H24N4O3/c1-28-10-11-29-19-14-25-21(23)26-20(19)17-13-24-18-5-4-15(12-16(17)18)6-9-22(27)7-2-3-8-22/h4-5,12-14,24,27H,2-3,7-8,10-11H2,1H3,(H2,23,25,26). The van der Waals surface area contributed by atoms with Gasteiger partial charge in [0.05, 0.1) is 12.8 Å². The first-order valence-corrected chi connectivity index (χ1v) is 9.69.